The Labute approximate surface area is 167 Å². The van der Waals surface area contributed by atoms with Gasteiger partial charge in [0.1, 0.15) is 5.75 Å². The first-order valence-electron chi connectivity index (χ1n) is 9.04. The van der Waals surface area contributed by atoms with Gasteiger partial charge >= 0.3 is 5.97 Å². The number of fused-ring (bicyclic) bond motifs is 1. The van der Waals surface area contributed by atoms with Crippen molar-refractivity contribution in [3.8, 4) is 5.75 Å². The third-order valence-electron chi connectivity index (χ3n) is 4.32. The molecular weight excluding hydrogens is 406 g/mol. The number of ether oxygens (including phenoxy) is 2. The molecule has 0 atom stereocenters. The van der Waals surface area contributed by atoms with Gasteiger partial charge in [-0.2, -0.15) is 0 Å². The summed E-state index contributed by atoms with van der Waals surface area (Å²) >= 11 is 3.52. The minimum Gasteiger partial charge on any atom is -0.493 e. The third-order valence-corrected chi connectivity index (χ3v) is 4.96. The summed E-state index contributed by atoms with van der Waals surface area (Å²) in [5.74, 6) is 0.263. The molecule has 0 saturated heterocycles. The fraction of sp³-hybridized carbons (Fsp3) is 0.273. The second kappa shape index (κ2) is 9.00. The number of hydrogen-bond acceptors (Lipinski definition) is 4. The first-order valence-corrected chi connectivity index (χ1v) is 9.83. The second-order valence-corrected chi connectivity index (χ2v) is 7.06. The molecule has 3 rings (SSSR count). The number of rotatable bonds is 7. The Bertz CT molecular complexity index is 941. The normalized spacial score (nSPS) is 10.8. The summed E-state index contributed by atoms with van der Waals surface area (Å²) in [7, 11) is 0. The Morgan fingerprint density at radius 2 is 1.89 bits per heavy atom. The van der Waals surface area contributed by atoms with Crippen molar-refractivity contribution in [1.82, 2.24) is 4.98 Å². The van der Waals surface area contributed by atoms with E-state index in [-0.39, 0.29) is 0 Å². The van der Waals surface area contributed by atoms with Crippen molar-refractivity contribution in [3.05, 3.63) is 69.8 Å². The van der Waals surface area contributed by atoms with Crippen molar-refractivity contribution in [2.75, 3.05) is 13.2 Å². The first-order chi connectivity index (χ1) is 13.1. The SMILES string of the molecule is CCOC(=O)c1nc2c(Br)cccc2c(OCCCc2ccccc2)c1C. The lowest BCUT2D eigenvalue weighted by Gasteiger charge is -2.15. The Balaban J connectivity index is 1.87. The number of nitrogens with zero attached hydrogens (tertiary/aromatic N) is 1. The molecule has 1 aromatic heterocycles. The van der Waals surface area contributed by atoms with E-state index in [9.17, 15) is 4.79 Å². The third kappa shape index (κ3) is 4.48. The maximum atomic E-state index is 12.3. The molecular formula is C22H22BrNO3. The van der Waals surface area contributed by atoms with Gasteiger partial charge in [0.15, 0.2) is 5.69 Å². The number of hydrogen-bond donors (Lipinski definition) is 0. The molecule has 0 spiro atoms. The quantitative estimate of drug-likeness (QED) is 0.369. The Kier molecular flexibility index (Phi) is 6.45. The molecule has 27 heavy (non-hydrogen) atoms. The number of aromatic nitrogens is 1. The van der Waals surface area contributed by atoms with Gasteiger partial charge in [-0.25, -0.2) is 9.78 Å². The summed E-state index contributed by atoms with van der Waals surface area (Å²) in [6.07, 6.45) is 1.83. The number of halogens is 1. The fourth-order valence-electron chi connectivity index (χ4n) is 3.00. The highest BCUT2D eigenvalue weighted by Crippen LogP contribution is 2.34. The number of esters is 1. The number of benzene rings is 2. The van der Waals surface area contributed by atoms with Gasteiger partial charge in [-0.3, -0.25) is 0 Å². The molecule has 0 aliphatic heterocycles. The van der Waals surface area contributed by atoms with Crippen LogP contribution in [-0.2, 0) is 11.2 Å². The standard InChI is InChI=1S/C22H22BrNO3/c1-3-26-22(25)19-15(2)21(17-12-7-13-18(23)20(17)24-19)27-14-8-11-16-9-5-4-6-10-16/h4-7,9-10,12-13H,3,8,11,14H2,1-2H3. The topological polar surface area (TPSA) is 48.4 Å². The van der Waals surface area contributed by atoms with Gasteiger partial charge in [-0.15, -0.1) is 0 Å². The molecule has 0 aliphatic carbocycles. The Hall–Kier alpha value is -2.40. The number of carbonyl (C=O) groups excluding carboxylic acids is 1. The zero-order chi connectivity index (χ0) is 19.2. The molecule has 4 nitrogen and oxygen atoms in total. The average Bonchev–Trinajstić information content (AvgIpc) is 2.67. The summed E-state index contributed by atoms with van der Waals surface area (Å²) in [5.41, 5.74) is 2.99. The summed E-state index contributed by atoms with van der Waals surface area (Å²) in [4.78, 5) is 16.9. The molecule has 0 amide bonds. The Morgan fingerprint density at radius 1 is 1.11 bits per heavy atom. The van der Waals surface area contributed by atoms with Crippen LogP contribution in [0.15, 0.2) is 53.0 Å². The van der Waals surface area contributed by atoms with Gasteiger partial charge in [0, 0.05) is 15.4 Å². The molecule has 2 aromatic carbocycles. The van der Waals surface area contributed by atoms with Crippen LogP contribution in [0.3, 0.4) is 0 Å². The highest BCUT2D eigenvalue weighted by Gasteiger charge is 2.20. The van der Waals surface area contributed by atoms with Crippen LogP contribution >= 0.6 is 15.9 Å². The fourth-order valence-corrected chi connectivity index (χ4v) is 3.45. The van der Waals surface area contributed by atoms with E-state index in [2.05, 4.69) is 33.0 Å². The highest BCUT2D eigenvalue weighted by atomic mass is 79.9. The monoisotopic (exact) mass is 427 g/mol. The maximum absolute atomic E-state index is 12.3. The van der Waals surface area contributed by atoms with E-state index in [1.165, 1.54) is 5.56 Å². The Morgan fingerprint density at radius 3 is 2.63 bits per heavy atom. The van der Waals surface area contributed by atoms with Crippen LogP contribution in [0, 0.1) is 6.92 Å². The van der Waals surface area contributed by atoms with Gasteiger partial charge in [0.05, 0.1) is 18.7 Å². The van der Waals surface area contributed by atoms with E-state index < -0.39 is 5.97 Å². The lowest BCUT2D eigenvalue weighted by atomic mass is 10.1. The zero-order valence-electron chi connectivity index (χ0n) is 15.5. The molecule has 5 heteroatoms. The molecule has 0 radical (unpaired) electrons. The zero-order valence-corrected chi connectivity index (χ0v) is 17.1. The molecule has 0 aliphatic rings. The highest BCUT2D eigenvalue weighted by molar-refractivity contribution is 9.10. The molecule has 0 bridgehead atoms. The van der Waals surface area contributed by atoms with Gasteiger partial charge in [0.2, 0.25) is 0 Å². The minimum absolute atomic E-state index is 0.300. The van der Waals surface area contributed by atoms with Crippen LogP contribution in [0.1, 0.15) is 35.0 Å². The summed E-state index contributed by atoms with van der Waals surface area (Å²) in [6.45, 7) is 4.50. The van der Waals surface area contributed by atoms with Gasteiger partial charge in [-0.05, 0) is 60.3 Å². The predicted molar refractivity (Wildman–Crippen MR) is 110 cm³/mol. The molecule has 0 saturated carbocycles. The molecule has 140 valence electrons. The van der Waals surface area contributed by atoms with E-state index >= 15 is 0 Å². The van der Waals surface area contributed by atoms with Crippen LogP contribution in [-0.4, -0.2) is 24.2 Å². The van der Waals surface area contributed by atoms with Crippen LogP contribution < -0.4 is 4.74 Å². The van der Waals surface area contributed by atoms with E-state index in [1.807, 2.05) is 43.3 Å². The van der Waals surface area contributed by atoms with Crippen LogP contribution in [0.4, 0.5) is 0 Å². The number of carbonyl (C=O) groups is 1. The van der Waals surface area contributed by atoms with E-state index in [1.54, 1.807) is 6.92 Å². The predicted octanol–water partition coefficient (Wildman–Crippen LogP) is 5.49. The van der Waals surface area contributed by atoms with Crippen molar-refractivity contribution < 1.29 is 14.3 Å². The largest absolute Gasteiger partial charge is 0.493 e. The summed E-state index contributed by atoms with van der Waals surface area (Å²) in [5, 5.41) is 0.884. The lowest BCUT2D eigenvalue weighted by molar-refractivity contribution is 0.0518. The molecule has 1 heterocycles. The van der Waals surface area contributed by atoms with Crippen molar-refractivity contribution in [1.29, 1.82) is 0 Å². The molecule has 0 fully saturated rings. The first kappa shape index (κ1) is 19.4. The van der Waals surface area contributed by atoms with Gasteiger partial charge in [0.25, 0.3) is 0 Å². The number of para-hydroxylation sites is 1. The van der Waals surface area contributed by atoms with Crippen molar-refractivity contribution in [2.24, 2.45) is 0 Å². The average molecular weight is 428 g/mol. The molecule has 0 N–H and O–H groups in total. The lowest BCUT2D eigenvalue weighted by Crippen LogP contribution is -2.12. The van der Waals surface area contributed by atoms with Crippen molar-refractivity contribution >= 4 is 32.8 Å². The number of aryl methyl sites for hydroxylation is 1. The smallest absolute Gasteiger partial charge is 0.357 e. The summed E-state index contributed by atoms with van der Waals surface area (Å²) in [6, 6.07) is 16.1. The minimum atomic E-state index is -0.429. The van der Waals surface area contributed by atoms with E-state index in [0.29, 0.717) is 35.7 Å². The van der Waals surface area contributed by atoms with Gasteiger partial charge in [-0.1, -0.05) is 36.4 Å². The summed E-state index contributed by atoms with van der Waals surface area (Å²) < 4.78 is 12.1. The number of pyridine rings is 1. The molecule has 0 unspecified atom stereocenters. The molecule has 3 aromatic rings. The second-order valence-electron chi connectivity index (χ2n) is 6.21. The van der Waals surface area contributed by atoms with Crippen molar-refractivity contribution in [2.45, 2.75) is 26.7 Å². The van der Waals surface area contributed by atoms with Crippen LogP contribution in [0.25, 0.3) is 10.9 Å². The van der Waals surface area contributed by atoms with Crippen LogP contribution in [0.2, 0.25) is 0 Å². The van der Waals surface area contributed by atoms with Gasteiger partial charge < -0.3 is 9.47 Å². The van der Waals surface area contributed by atoms with Crippen LogP contribution in [0.5, 0.6) is 5.75 Å². The maximum Gasteiger partial charge on any atom is 0.357 e. The van der Waals surface area contributed by atoms with E-state index in [4.69, 9.17) is 9.47 Å². The van der Waals surface area contributed by atoms with Crippen molar-refractivity contribution in [3.63, 3.8) is 0 Å². The van der Waals surface area contributed by atoms with E-state index in [0.717, 1.165) is 22.7 Å².